The Balaban J connectivity index is 2.02. The highest BCUT2D eigenvalue weighted by molar-refractivity contribution is 6.10. The summed E-state index contributed by atoms with van der Waals surface area (Å²) >= 11 is 0. The normalized spacial score (nSPS) is 10.6. The summed E-state index contributed by atoms with van der Waals surface area (Å²) in [6.45, 7) is 4.36. The molecule has 4 aromatic rings. The zero-order valence-electron chi connectivity index (χ0n) is 18.0. The average Bonchev–Trinajstić information content (AvgIpc) is 2.79. The van der Waals surface area contributed by atoms with Gasteiger partial charge in [0.1, 0.15) is 0 Å². The van der Waals surface area contributed by atoms with Gasteiger partial charge in [0.2, 0.25) is 0 Å². The summed E-state index contributed by atoms with van der Waals surface area (Å²) in [5.41, 5.74) is 2.69. The molecule has 0 atom stereocenters. The van der Waals surface area contributed by atoms with Gasteiger partial charge in [-0.1, -0.05) is 74.2 Å². The van der Waals surface area contributed by atoms with Crippen LogP contribution < -0.4 is 0 Å². The molecule has 0 bridgehead atoms. The third kappa shape index (κ3) is 4.06. The second kappa shape index (κ2) is 9.52. The Morgan fingerprint density at radius 3 is 1.40 bits per heavy atom. The van der Waals surface area contributed by atoms with Crippen molar-refractivity contribution in [3.63, 3.8) is 0 Å². The van der Waals surface area contributed by atoms with Crippen molar-refractivity contribution < 1.29 is 0 Å². The molecule has 0 unspecified atom stereocenters. The van der Waals surface area contributed by atoms with E-state index in [2.05, 4.69) is 98.2 Å². The van der Waals surface area contributed by atoms with Crippen LogP contribution in [0.2, 0.25) is 0 Å². The fourth-order valence-corrected chi connectivity index (χ4v) is 4.15. The minimum absolute atomic E-state index is 0.789. The van der Waals surface area contributed by atoms with Crippen LogP contribution >= 0.6 is 0 Å². The van der Waals surface area contributed by atoms with Crippen LogP contribution in [-0.4, -0.2) is 0 Å². The maximum Gasteiger partial charge on any atom is 0.0352 e. The van der Waals surface area contributed by atoms with E-state index in [-0.39, 0.29) is 0 Å². The molecular formula is C30H28. The van der Waals surface area contributed by atoms with E-state index >= 15 is 0 Å². The van der Waals surface area contributed by atoms with Gasteiger partial charge >= 0.3 is 0 Å². The SMILES string of the molecule is CCCC#CCc1c2ccccc2c(CC#CCCC)c2cc3ccccc3cc12. The summed E-state index contributed by atoms with van der Waals surface area (Å²) in [6, 6.07) is 22.2. The lowest BCUT2D eigenvalue weighted by atomic mass is 9.88. The Morgan fingerprint density at radius 2 is 0.967 bits per heavy atom. The minimum atomic E-state index is 0.789. The minimum Gasteiger partial charge on any atom is -0.103 e. The van der Waals surface area contributed by atoms with Gasteiger partial charge in [-0.25, -0.2) is 0 Å². The number of unbranched alkanes of at least 4 members (excludes halogenated alkanes) is 2. The number of hydrogen-bond donors (Lipinski definition) is 0. The fourth-order valence-electron chi connectivity index (χ4n) is 4.15. The first-order chi connectivity index (χ1) is 14.8. The smallest absolute Gasteiger partial charge is 0.0352 e. The molecule has 0 fully saturated rings. The largest absolute Gasteiger partial charge is 0.103 e. The van der Waals surface area contributed by atoms with Gasteiger partial charge in [-0.15, -0.1) is 11.8 Å². The summed E-state index contributed by atoms with van der Waals surface area (Å²) in [4.78, 5) is 0. The second-order valence-electron chi connectivity index (χ2n) is 7.81. The quantitative estimate of drug-likeness (QED) is 0.247. The van der Waals surface area contributed by atoms with Crippen molar-refractivity contribution in [1.29, 1.82) is 0 Å². The molecule has 0 heterocycles. The highest BCUT2D eigenvalue weighted by atomic mass is 14.2. The molecule has 0 aromatic heterocycles. The van der Waals surface area contributed by atoms with Gasteiger partial charge in [-0.05, 0) is 68.4 Å². The second-order valence-corrected chi connectivity index (χ2v) is 7.81. The van der Waals surface area contributed by atoms with Crippen LogP contribution in [0.5, 0.6) is 0 Å². The third-order valence-electron chi connectivity index (χ3n) is 5.64. The molecule has 0 aliphatic carbocycles. The van der Waals surface area contributed by atoms with Gasteiger partial charge in [0.05, 0.1) is 0 Å². The molecule has 4 rings (SSSR count). The molecular weight excluding hydrogens is 360 g/mol. The van der Waals surface area contributed by atoms with Crippen molar-refractivity contribution in [1.82, 2.24) is 0 Å². The van der Waals surface area contributed by atoms with Gasteiger partial charge in [-0.2, -0.15) is 0 Å². The van der Waals surface area contributed by atoms with Crippen LogP contribution in [0.4, 0.5) is 0 Å². The van der Waals surface area contributed by atoms with E-state index in [0.717, 1.165) is 38.5 Å². The Bertz CT molecular complexity index is 1210. The fraction of sp³-hybridized carbons (Fsp3) is 0.267. The van der Waals surface area contributed by atoms with Gasteiger partial charge < -0.3 is 0 Å². The van der Waals surface area contributed by atoms with Crippen LogP contribution in [0.25, 0.3) is 32.3 Å². The van der Waals surface area contributed by atoms with Crippen LogP contribution in [0, 0.1) is 23.7 Å². The van der Waals surface area contributed by atoms with E-state index < -0.39 is 0 Å². The predicted octanol–water partition coefficient (Wildman–Crippen LogP) is 7.84. The summed E-state index contributed by atoms with van der Waals surface area (Å²) in [5.74, 6) is 13.6. The molecule has 0 aliphatic rings. The lowest BCUT2D eigenvalue weighted by molar-refractivity contribution is 0.982. The van der Waals surface area contributed by atoms with Crippen molar-refractivity contribution >= 4 is 32.3 Å². The Labute approximate surface area is 180 Å². The zero-order chi connectivity index (χ0) is 20.8. The maximum atomic E-state index is 3.44. The van der Waals surface area contributed by atoms with Crippen LogP contribution in [-0.2, 0) is 12.8 Å². The van der Waals surface area contributed by atoms with Crippen LogP contribution in [0.3, 0.4) is 0 Å². The first-order valence-electron chi connectivity index (χ1n) is 11.1. The molecule has 0 spiro atoms. The Morgan fingerprint density at radius 1 is 0.533 bits per heavy atom. The van der Waals surface area contributed by atoms with E-state index in [4.69, 9.17) is 0 Å². The molecule has 0 nitrogen and oxygen atoms in total. The zero-order valence-corrected chi connectivity index (χ0v) is 18.0. The number of fused-ring (bicyclic) bond motifs is 3. The van der Waals surface area contributed by atoms with Gasteiger partial charge in [0.15, 0.2) is 0 Å². The highest BCUT2D eigenvalue weighted by Crippen LogP contribution is 2.36. The molecule has 0 heteroatoms. The predicted molar refractivity (Wildman–Crippen MR) is 132 cm³/mol. The van der Waals surface area contributed by atoms with E-state index in [1.165, 1.54) is 43.4 Å². The topological polar surface area (TPSA) is 0 Å². The molecule has 0 saturated carbocycles. The molecule has 0 amide bonds. The summed E-state index contributed by atoms with van der Waals surface area (Å²) in [6.07, 6.45) is 5.71. The van der Waals surface area contributed by atoms with Crippen LogP contribution in [0.1, 0.15) is 50.7 Å². The lowest BCUT2D eigenvalue weighted by Crippen LogP contribution is -1.96. The number of benzene rings is 4. The van der Waals surface area contributed by atoms with Crippen molar-refractivity contribution in [2.75, 3.05) is 0 Å². The first kappa shape index (κ1) is 20.1. The highest BCUT2D eigenvalue weighted by Gasteiger charge is 2.13. The van der Waals surface area contributed by atoms with E-state index in [9.17, 15) is 0 Å². The Hall–Kier alpha value is -3.22. The number of hydrogen-bond acceptors (Lipinski definition) is 0. The third-order valence-corrected chi connectivity index (χ3v) is 5.64. The van der Waals surface area contributed by atoms with Crippen molar-refractivity contribution in [3.05, 3.63) is 71.8 Å². The molecule has 0 aliphatic heterocycles. The molecule has 0 radical (unpaired) electrons. The van der Waals surface area contributed by atoms with Crippen molar-refractivity contribution in [2.24, 2.45) is 0 Å². The summed E-state index contributed by atoms with van der Waals surface area (Å²) < 4.78 is 0. The first-order valence-corrected chi connectivity index (χ1v) is 11.1. The van der Waals surface area contributed by atoms with Crippen LogP contribution in [0.15, 0.2) is 60.7 Å². The maximum absolute atomic E-state index is 3.44. The van der Waals surface area contributed by atoms with Gasteiger partial charge in [0, 0.05) is 25.7 Å². The lowest BCUT2D eigenvalue weighted by Gasteiger charge is -2.16. The van der Waals surface area contributed by atoms with E-state index in [1.54, 1.807) is 0 Å². The Kier molecular flexibility index (Phi) is 6.37. The molecule has 4 aromatic carbocycles. The van der Waals surface area contributed by atoms with Gasteiger partial charge in [0.25, 0.3) is 0 Å². The average molecular weight is 389 g/mol. The number of rotatable bonds is 4. The summed E-state index contributed by atoms with van der Waals surface area (Å²) in [5, 5.41) is 7.85. The van der Waals surface area contributed by atoms with E-state index in [0.29, 0.717) is 0 Å². The standard InChI is InChI=1S/C30H28/c1-3-5-7-9-17-27-25-19-13-14-20-26(25)28(18-10-8-6-4-2)30-22-24-16-12-11-15-23(24)21-29(27)30/h11-16,19-22H,3-6,17-18H2,1-2H3. The van der Waals surface area contributed by atoms with Gasteiger partial charge in [-0.3, -0.25) is 0 Å². The summed E-state index contributed by atoms with van der Waals surface area (Å²) in [7, 11) is 0. The van der Waals surface area contributed by atoms with E-state index in [1.807, 2.05) is 0 Å². The molecule has 30 heavy (non-hydrogen) atoms. The molecule has 148 valence electrons. The molecule has 0 saturated heterocycles. The monoisotopic (exact) mass is 388 g/mol. The van der Waals surface area contributed by atoms with Crippen molar-refractivity contribution in [3.8, 4) is 23.7 Å². The molecule has 0 N–H and O–H groups in total. The van der Waals surface area contributed by atoms with Crippen molar-refractivity contribution in [2.45, 2.75) is 52.4 Å².